The van der Waals surface area contributed by atoms with Crippen LogP contribution in [0.25, 0.3) is 0 Å². The van der Waals surface area contributed by atoms with Gasteiger partial charge in [-0.2, -0.15) is 0 Å². The summed E-state index contributed by atoms with van der Waals surface area (Å²) in [6.07, 6.45) is 5.56. The quantitative estimate of drug-likeness (QED) is 0.867. The van der Waals surface area contributed by atoms with Gasteiger partial charge < -0.3 is 10.4 Å². The van der Waals surface area contributed by atoms with Gasteiger partial charge in [-0.1, -0.05) is 6.92 Å². The van der Waals surface area contributed by atoms with Crippen LogP contribution in [0.3, 0.4) is 0 Å². The van der Waals surface area contributed by atoms with E-state index < -0.39 is 5.97 Å². The van der Waals surface area contributed by atoms with Crippen molar-refractivity contribution in [2.45, 2.75) is 19.4 Å². The molecule has 6 heteroatoms. The molecule has 0 aromatic carbocycles. The second-order valence-corrected chi connectivity index (χ2v) is 4.63. The maximum Gasteiger partial charge on any atom is 0.337 e. The molecule has 0 aliphatic heterocycles. The van der Waals surface area contributed by atoms with Crippen LogP contribution in [0, 0.1) is 0 Å². The normalized spacial score (nSPS) is 12.1. The molecule has 2 heterocycles. The second kappa shape index (κ2) is 5.59. The van der Waals surface area contributed by atoms with E-state index in [-0.39, 0.29) is 11.6 Å². The molecule has 0 saturated heterocycles. The van der Waals surface area contributed by atoms with E-state index in [1.165, 1.54) is 18.5 Å². The molecule has 18 heavy (non-hydrogen) atoms. The van der Waals surface area contributed by atoms with Gasteiger partial charge in [0.05, 0.1) is 23.5 Å². The molecule has 2 aromatic rings. The van der Waals surface area contributed by atoms with Gasteiger partial charge in [0, 0.05) is 17.8 Å². The average molecular weight is 263 g/mol. The predicted octanol–water partition coefficient (Wildman–Crippen LogP) is 2.80. The van der Waals surface area contributed by atoms with Gasteiger partial charge >= 0.3 is 5.97 Å². The maximum atomic E-state index is 11.1. The van der Waals surface area contributed by atoms with Gasteiger partial charge in [0.1, 0.15) is 5.01 Å². The predicted molar refractivity (Wildman–Crippen MR) is 70.0 cm³/mol. The summed E-state index contributed by atoms with van der Waals surface area (Å²) < 4.78 is 0. The fraction of sp³-hybridized carbons (Fsp3) is 0.250. The number of anilines is 1. The van der Waals surface area contributed by atoms with Gasteiger partial charge in [-0.05, 0) is 12.5 Å². The number of carboxylic acids is 1. The lowest BCUT2D eigenvalue weighted by Gasteiger charge is -2.16. The van der Waals surface area contributed by atoms with Crippen LogP contribution in [-0.2, 0) is 0 Å². The lowest BCUT2D eigenvalue weighted by molar-refractivity contribution is 0.0697. The molecule has 94 valence electrons. The number of nitrogens with one attached hydrogen (secondary N) is 1. The van der Waals surface area contributed by atoms with Gasteiger partial charge in [0.2, 0.25) is 0 Å². The SMILES string of the molecule is CCC(Nc1cnccc1C(=O)O)c1nccs1. The largest absolute Gasteiger partial charge is 0.478 e. The minimum atomic E-state index is -0.964. The number of nitrogens with zero attached hydrogens (tertiary/aromatic N) is 2. The number of hydrogen-bond acceptors (Lipinski definition) is 5. The Hall–Kier alpha value is -1.95. The topological polar surface area (TPSA) is 75.1 Å². The van der Waals surface area contributed by atoms with Crippen LogP contribution >= 0.6 is 11.3 Å². The van der Waals surface area contributed by atoms with E-state index in [0.717, 1.165) is 11.4 Å². The molecule has 5 nitrogen and oxygen atoms in total. The molecule has 0 aliphatic rings. The smallest absolute Gasteiger partial charge is 0.337 e. The fourth-order valence-corrected chi connectivity index (χ4v) is 2.40. The van der Waals surface area contributed by atoms with Crippen LogP contribution in [0.1, 0.15) is 34.8 Å². The van der Waals surface area contributed by atoms with Crippen molar-refractivity contribution < 1.29 is 9.90 Å². The van der Waals surface area contributed by atoms with Gasteiger partial charge in [0.15, 0.2) is 0 Å². The Bertz CT molecular complexity index is 528. The van der Waals surface area contributed by atoms with Crippen molar-refractivity contribution in [3.05, 3.63) is 40.6 Å². The zero-order valence-corrected chi connectivity index (χ0v) is 10.6. The molecule has 2 rings (SSSR count). The summed E-state index contributed by atoms with van der Waals surface area (Å²) in [4.78, 5) is 19.3. The Balaban J connectivity index is 2.25. The molecule has 0 amide bonds. The molecule has 2 aromatic heterocycles. The van der Waals surface area contributed by atoms with Crippen molar-refractivity contribution in [2.24, 2.45) is 0 Å². The van der Waals surface area contributed by atoms with Crippen molar-refractivity contribution in [2.75, 3.05) is 5.32 Å². The number of carboxylic acid groups (broad SMARTS) is 1. The standard InChI is InChI=1S/C12H13N3O2S/c1-2-9(11-14-5-6-18-11)15-10-7-13-4-3-8(10)12(16)17/h3-7,9,15H,2H2,1H3,(H,16,17). The lowest BCUT2D eigenvalue weighted by Crippen LogP contribution is -2.12. The third-order valence-corrected chi connectivity index (χ3v) is 3.43. The van der Waals surface area contributed by atoms with Crippen LogP contribution in [0.2, 0.25) is 0 Å². The van der Waals surface area contributed by atoms with E-state index in [2.05, 4.69) is 15.3 Å². The Kier molecular flexibility index (Phi) is 3.88. The number of pyridine rings is 1. The minimum Gasteiger partial charge on any atom is -0.478 e. The molecular formula is C12H13N3O2S. The molecule has 0 bridgehead atoms. The summed E-state index contributed by atoms with van der Waals surface area (Å²) in [6, 6.07) is 1.49. The number of thiazole rings is 1. The van der Waals surface area contributed by atoms with Crippen molar-refractivity contribution in [3.8, 4) is 0 Å². The first-order chi connectivity index (χ1) is 8.72. The van der Waals surface area contributed by atoms with Gasteiger partial charge in [-0.3, -0.25) is 4.98 Å². The first-order valence-electron chi connectivity index (χ1n) is 5.55. The van der Waals surface area contributed by atoms with E-state index in [1.54, 1.807) is 17.5 Å². The highest BCUT2D eigenvalue weighted by atomic mass is 32.1. The molecule has 0 saturated carbocycles. The average Bonchev–Trinajstić information content (AvgIpc) is 2.90. The monoisotopic (exact) mass is 263 g/mol. The van der Waals surface area contributed by atoms with Crippen molar-refractivity contribution >= 4 is 23.0 Å². The van der Waals surface area contributed by atoms with E-state index in [9.17, 15) is 4.79 Å². The molecular weight excluding hydrogens is 250 g/mol. The Morgan fingerprint density at radius 1 is 1.56 bits per heavy atom. The number of aromatic carboxylic acids is 1. The molecule has 0 radical (unpaired) electrons. The van der Waals surface area contributed by atoms with Crippen molar-refractivity contribution in [1.29, 1.82) is 0 Å². The molecule has 1 unspecified atom stereocenters. The first-order valence-corrected chi connectivity index (χ1v) is 6.43. The van der Waals surface area contributed by atoms with Crippen LogP contribution in [0.4, 0.5) is 5.69 Å². The molecule has 0 fully saturated rings. The highest BCUT2D eigenvalue weighted by molar-refractivity contribution is 7.09. The summed E-state index contributed by atoms with van der Waals surface area (Å²) in [7, 11) is 0. The molecule has 0 spiro atoms. The van der Waals surface area contributed by atoms with Crippen LogP contribution in [-0.4, -0.2) is 21.0 Å². The van der Waals surface area contributed by atoms with Crippen molar-refractivity contribution in [1.82, 2.24) is 9.97 Å². The van der Waals surface area contributed by atoms with E-state index in [0.29, 0.717) is 5.69 Å². The summed E-state index contributed by atoms with van der Waals surface area (Å²) in [5.41, 5.74) is 0.743. The van der Waals surface area contributed by atoms with Gasteiger partial charge in [-0.15, -0.1) is 11.3 Å². The number of carbonyl (C=O) groups is 1. The Morgan fingerprint density at radius 2 is 2.39 bits per heavy atom. The van der Waals surface area contributed by atoms with Crippen LogP contribution in [0.5, 0.6) is 0 Å². The highest BCUT2D eigenvalue weighted by Crippen LogP contribution is 2.25. The third kappa shape index (κ3) is 2.65. The van der Waals surface area contributed by atoms with E-state index in [4.69, 9.17) is 5.11 Å². The van der Waals surface area contributed by atoms with E-state index in [1.807, 2.05) is 12.3 Å². The summed E-state index contributed by atoms with van der Waals surface area (Å²) in [5, 5.41) is 15.1. The molecule has 1 atom stereocenters. The summed E-state index contributed by atoms with van der Waals surface area (Å²) in [6.45, 7) is 2.02. The number of hydrogen-bond donors (Lipinski definition) is 2. The van der Waals surface area contributed by atoms with Gasteiger partial charge in [0.25, 0.3) is 0 Å². The second-order valence-electron chi connectivity index (χ2n) is 3.70. The van der Waals surface area contributed by atoms with Crippen molar-refractivity contribution in [3.63, 3.8) is 0 Å². The van der Waals surface area contributed by atoms with Crippen LogP contribution in [0.15, 0.2) is 30.0 Å². The molecule has 0 aliphatic carbocycles. The zero-order chi connectivity index (χ0) is 13.0. The zero-order valence-electron chi connectivity index (χ0n) is 9.83. The van der Waals surface area contributed by atoms with E-state index >= 15 is 0 Å². The molecule has 2 N–H and O–H groups in total. The lowest BCUT2D eigenvalue weighted by atomic mass is 10.2. The Morgan fingerprint density at radius 3 is 3.00 bits per heavy atom. The maximum absolute atomic E-state index is 11.1. The number of rotatable bonds is 5. The first kappa shape index (κ1) is 12.5. The summed E-state index contributed by atoms with van der Waals surface area (Å²) >= 11 is 1.55. The highest BCUT2D eigenvalue weighted by Gasteiger charge is 2.16. The fourth-order valence-electron chi connectivity index (χ4n) is 1.63. The minimum absolute atomic E-state index is 0.00676. The number of aromatic nitrogens is 2. The van der Waals surface area contributed by atoms with Gasteiger partial charge in [-0.25, -0.2) is 9.78 Å². The summed E-state index contributed by atoms with van der Waals surface area (Å²) in [5.74, 6) is -0.964. The Labute approximate surface area is 109 Å². The third-order valence-electron chi connectivity index (χ3n) is 2.54. The van der Waals surface area contributed by atoms with Crippen LogP contribution < -0.4 is 5.32 Å².